The van der Waals surface area contributed by atoms with E-state index in [4.69, 9.17) is 4.74 Å². The van der Waals surface area contributed by atoms with Crippen molar-refractivity contribution >= 4 is 5.69 Å². The Morgan fingerprint density at radius 2 is 2.32 bits per heavy atom. The van der Waals surface area contributed by atoms with Crippen molar-refractivity contribution in [1.29, 1.82) is 0 Å². The smallest absolute Gasteiger partial charge is 0.146 e. The molecular formula is C12H16FN5O. The van der Waals surface area contributed by atoms with Crippen LogP contribution < -0.4 is 5.32 Å². The van der Waals surface area contributed by atoms with E-state index in [2.05, 4.69) is 20.8 Å². The lowest BCUT2D eigenvalue weighted by Gasteiger charge is -2.16. The molecule has 2 rings (SSSR count). The number of tetrazole rings is 1. The Balaban J connectivity index is 2.13. The molecule has 0 saturated heterocycles. The number of aromatic nitrogens is 4. The fourth-order valence-electron chi connectivity index (χ4n) is 1.65. The average Bonchev–Trinajstić information content (AvgIpc) is 2.93. The molecule has 0 aliphatic carbocycles. The first kappa shape index (κ1) is 13.4. The van der Waals surface area contributed by atoms with Crippen molar-refractivity contribution in [3.63, 3.8) is 0 Å². The van der Waals surface area contributed by atoms with Gasteiger partial charge in [0.15, 0.2) is 0 Å². The van der Waals surface area contributed by atoms with Gasteiger partial charge >= 0.3 is 0 Å². The molecule has 1 atom stereocenters. The van der Waals surface area contributed by atoms with Crippen LogP contribution >= 0.6 is 0 Å². The zero-order valence-corrected chi connectivity index (χ0v) is 10.9. The molecule has 1 N–H and O–H groups in total. The van der Waals surface area contributed by atoms with Crippen molar-refractivity contribution in [2.24, 2.45) is 0 Å². The second kappa shape index (κ2) is 6.24. The van der Waals surface area contributed by atoms with Crippen LogP contribution in [0, 0.1) is 5.82 Å². The monoisotopic (exact) mass is 265 g/mol. The molecule has 1 heterocycles. The van der Waals surface area contributed by atoms with Crippen LogP contribution in [0.15, 0.2) is 24.5 Å². The van der Waals surface area contributed by atoms with E-state index in [1.54, 1.807) is 12.1 Å². The Kier molecular flexibility index (Phi) is 4.40. The molecule has 19 heavy (non-hydrogen) atoms. The molecule has 1 aromatic carbocycles. The molecule has 102 valence electrons. The predicted octanol–water partition coefficient (Wildman–Crippen LogP) is 1.64. The minimum absolute atomic E-state index is 0.0126. The van der Waals surface area contributed by atoms with E-state index in [9.17, 15) is 4.39 Å². The van der Waals surface area contributed by atoms with Gasteiger partial charge in [-0.25, -0.2) is 9.07 Å². The van der Waals surface area contributed by atoms with E-state index in [1.807, 2.05) is 13.8 Å². The van der Waals surface area contributed by atoms with Crippen molar-refractivity contribution in [2.75, 3.05) is 18.5 Å². The number of anilines is 1. The SMILES string of the molecule is CCOCC(C)Nc1cc(-n2cnnn2)ccc1F. The normalized spacial score (nSPS) is 12.4. The lowest BCUT2D eigenvalue weighted by atomic mass is 10.2. The standard InChI is InChI=1S/C12H16FN5O/c1-3-19-7-9(2)15-12-6-10(4-5-11(12)13)18-8-14-16-17-18/h4-6,8-9,15H,3,7H2,1-2H3. The summed E-state index contributed by atoms with van der Waals surface area (Å²) in [7, 11) is 0. The van der Waals surface area contributed by atoms with Gasteiger partial charge in [-0.1, -0.05) is 0 Å². The van der Waals surface area contributed by atoms with Crippen molar-refractivity contribution in [3.8, 4) is 5.69 Å². The van der Waals surface area contributed by atoms with E-state index >= 15 is 0 Å². The summed E-state index contributed by atoms with van der Waals surface area (Å²) in [5, 5.41) is 13.9. The zero-order chi connectivity index (χ0) is 13.7. The number of benzene rings is 1. The molecule has 7 heteroatoms. The molecule has 0 aliphatic rings. The van der Waals surface area contributed by atoms with Gasteiger partial charge in [0.05, 0.1) is 18.0 Å². The predicted molar refractivity (Wildman–Crippen MR) is 68.7 cm³/mol. The van der Waals surface area contributed by atoms with Gasteiger partial charge in [0.1, 0.15) is 12.1 Å². The number of halogens is 1. The van der Waals surface area contributed by atoms with Crippen molar-refractivity contribution in [2.45, 2.75) is 19.9 Å². The third kappa shape index (κ3) is 3.47. The molecule has 0 saturated carbocycles. The van der Waals surface area contributed by atoms with Gasteiger partial charge in [-0.3, -0.25) is 0 Å². The largest absolute Gasteiger partial charge is 0.380 e. The van der Waals surface area contributed by atoms with Gasteiger partial charge in [-0.2, -0.15) is 0 Å². The second-order valence-electron chi connectivity index (χ2n) is 4.12. The third-order valence-electron chi connectivity index (χ3n) is 2.54. The summed E-state index contributed by atoms with van der Waals surface area (Å²) in [4.78, 5) is 0. The second-order valence-corrected chi connectivity index (χ2v) is 4.12. The molecule has 1 unspecified atom stereocenters. The molecule has 0 bridgehead atoms. The van der Waals surface area contributed by atoms with Crippen molar-refractivity contribution in [3.05, 3.63) is 30.3 Å². The molecule has 2 aromatic rings. The van der Waals surface area contributed by atoms with Gasteiger partial charge in [-0.05, 0) is 42.5 Å². The lowest BCUT2D eigenvalue weighted by Crippen LogP contribution is -2.22. The Hall–Kier alpha value is -2.02. The molecule has 0 fully saturated rings. The Labute approximate surface area is 110 Å². The molecule has 0 spiro atoms. The lowest BCUT2D eigenvalue weighted by molar-refractivity contribution is 0.141. The Morgan fingerprint density at radius 3 is 3.00 bits per heavy atom. The number of nitrogens with zero attached hydrogens (tertiary/aromatic N) is 4. The van der Waals surface area contributed by atoms with Crippen LogP contribution in [-0.4, -0.2) is 39.5 Å². The maximum absolute atomic E-state index is 13.7. The number of nitrogens with one attached hydrogen (secondary N) is 1. The number of hydrogen-bond acceptors (Lipinski definition) is 5. The van der Waals surface area contributed by atoms with Crippen LogP contribution in [0.25, 0.3) is 5.69 Å². The third-order valence-corrected chi connectivity index (χ3v) is 2.54. The van der Waals surface area contributed by atoms with Crippen LogP contribution in [0.2, 0.25) is 0 Å². The minimum Gasteiger partial charge on any atom is -0.380 e. The zero-order valence-electron chi connectivity index (χ0n) is 10.9. The highest BCUT2D eigenvalue weighted by Crippen LogP contribution is 2.19. The van der Waals surface area contributed by atoms with Crippen molar-refractivity contribution < 1.29 is 9.13 Å². The summed E-state index contributed by atoms with van der Waals surface area (Å²) in [6.45, 7) is 5.01. The van der Waals surface area contributed by atoms with E-state index < -0.39 is 0 Å². The van der Waals surface area contributed by atoms with Gasteiger partial charge < -0.3 is 10.1 Å². The van der Waals surface area contributed by atoms with Crippen LogP contribution in [0.1, 0.15) is 13.8 Å². The Morgan fingerprint density at radius 1 is 1.47 bits per heavy atom. The number of ether oxygens (including phenoxy) is 1. The molecule has 1 aromatic heterocycles. The number of hydrogen-bond donors (Lipinski definition) is 1. The van der Waals surface area contributed by atoms with E-state index in [0.29, 0.717) is 24.6 Å². The minimum atomic E-state index is -0.319. The summed E-state index contributed by atoms with van der Waals surface area (Å²) in [6.07, 6.45) is 1.46. The van der Waals surface area contributed by atoms with Crippen LogP contribution in [0.3, 0.4) is 0 Å². The maximum Gasteiger partial charge on any atom is 0.146 e. The number of rotatable bonds is 6. The van der Waals surface area contributed by atoms with Gasteiger partial charge in [0.2, 0.25) is 0 Å². The highest BCUT2D eigenvalue weighted by atomic mass is 19.1. The first-order valence-corrected chi connectivity index (χ1v) is 6.08. The topological polar surface area (TPSA) is 64.9 Å². The summed E-state index contributed by atoms with van der Waals surface area (Å²) in [5.74, 6) is -0.319. The summed E-state index contributed by atoms with van der Waals surface area (Å²) in [6, 6.07) is 4.67. The molecule has 6 nitrogen and oxygen atoms in total. The van der Waals surface area contributed by atoms with Crippen molar-refractivity contribution in [1.82, 2.24) is 20.2 Å². The fourth-order valence-corrected chi connectivity index (χ4v) is 1.65. The molecule has 0 radical (unpaired) electrons. The first-order valence-electron chi connectivity index (χ1n) is 6.08. The van der Waals surface area contributed by atoms with Crippen LogP contribution in [0.5, 0.6) is 0 Å². The fraction of sp³-hybridized carbons (Fsp3) is 0.417. The van der Waals surface area contributed by atoms with Gasteiger partial charge in [-0.15, -0.1) is 5.10 Å². The average molecular weight is 265 g/mol. The first-order chi connectivity index (χ1) is 9.20. The van der Waals surface area contributed by atoms with Crippen LogP contribution in [-0.2, 0) is 4.74 Å². The Bertz CT molecular complexity index is 517. The van der Waals surface area contributed by atoms with E-state index in [1.165, 1.54) is 17.1 Å². The maximum atomic E-state index is 13.7. The highest BCUT2D eigenvalue weighted by Gasteiger charge is 2.09. The molecule has 0 aliphatic heterocycles. The van der Waals surface area contributed by atoms with Gasteiger partial charge in [0.25, 0.3) is 0 Å². The summed E-state index contributed by atoms with van der Waals surface area (Å²) in [5.41, 5.74) is 1.10. The molecule has 0 amide bonds. The summed E-state index contributed by atoms with van der Waals surface area (Å²) < 4.78 is 20.5. The summed E-state index contributed by atoms with van der Waals surface area (Å²) >= 11 is 0. The van der Waals surface area contributed by atoms with E-state index in [-0.39, 0.29) is 11.9 Å². The van der Waals surface area contributed by atoms with Gasteiger partial charge in [0, 0.05) is 12.6 Å². The van der Waals surface area contributed by atoms with E-state index in [0.717, 1.165) is 0 Å². The van der Waals surface area contributed by atoms with Crippen LogP contribution in [0.4, 0.5) is 10.1 Å². The quantitative estimate of drug-likeness (QED) is 0.860. The molecular weight excluding hydrogens is 249 g/mol. The highest BCUT2D eigenvalue weighted by molar-refractivity contribution is 5.52.